The van der Waals surface area contributed by atoms with Gasteiger partial charge in [-0.15, -0.1) is 11.3 Å². The van der Waals surface area contributed by atoms with Gasteiger partial charge in [-0.25, -0.2) is 4.98 Å². The van der Waals surface area contributed by atoms with Gasteiger partial charge in [-0.2, -0.15) is 0 Å². The van der Waals surface area contributed by atoms with Crippen molar-refractivity contribution in [1.82, 2.24) is 10.3 Å². The fourth-order valence-corrected chi connectivity index (χ4v) is 2.43. The van der Waals surface area contributed by atoms with Gasteiger partial charge in [0.1, 0.15) is 5.69 Å². The van der Waals surface area contributed by atoms with Crippen LogP contribution in [0.2, 0.25) is 0 Å². The molecule has 1 amide bonds. The first-order valence-electron chi connectivity index (χ1n) is 4.06. The Morgan fingerprint density at radius 2 is 2.38 bits per heavy atom. The lowest BCUT2D eigenvalue weighted by molar-refractivity contribution is 0.0948. The number of amides is 1. The molecule has 1 heterocycles. The molecule has 0 fully saturated rings. The van der Waals surface area contributed by atoms with E-state index in [4.69, 9.17) is 0 Å². The van der Waals surface area contributed by atoms with Gasteiger partial charge < -0.3 is 5.32 Å². The van der Waals surface area contributed by atoms with Gasteiger partial charge in [-0.05, 0) is 29.3 Å². The second kappa shape index (κ2) is 4.72. The van der Waals surface area contributed by atoms with Crippen molar-refractivity contribution in [3.05, 3.63) is 14.5 Å². The zero-order valence-corrected chi connectivity index (χ0v) is 9.96. The molecule has 0 bridgehead atoms. The molecule has 0 atom stereocenters. The average molecular weight is 263 g/mol. The molecule has 0 saturated carbocycles. The van der Waals surface area contributed by atoms with Crippen molar-refractivity contribution < 1.29 is 4.79 Å². The number of nitrogens with one attached hydrogen (secondary N) is 1. The first-order valence-corrected chi connectivity index (χ1v) is 5.67. The Hall–Kier alpha value is -0.420. The van der Waals surface area contributed by atoms with Gasteiger partial charge >= 0.3 is 0 Å². The summed E-state index contributed by atoms with van der Waals surface area (Å²) in [7, 11) is 0. The molecule has 0 aromatic carbocycles. The quantitative estimate of drug-likeness (QED) is 0.909. The first kappa shape index (κ1) is 10.7. The zero-order chi connectivity index (χ0) is 9.84. The minimum Gasteiger partial charge on any atom is -0.351 e. The highest BCUT2D eigenvalue weighted by Gasteiger charge is 2.13. The topological polar surface area (TPSA) is 42.0 Å². The van der Waals surface area contributed by atoms with Gasteiger partial charge in [-0.3, -0.25) is 4.79 Å². The van der Waals surface area contributed by atoms with Crippen LogP contribution in [0.25, 0.3) is 0 Å². The Kier molecular flexibility index (Phi) is 3.87. The third-order valence-electron chi connectivity index (χ3n) is 1.52. The molecule has 13 heavy (non-hydrogen) atoms. The number of hydrogen-bond donors (Lipinski definition) is 1. The maximum absolute atomic E-state index is 11.4. The molecule has 0 unspecified atom stereocenters. The van der Waals surface area contributed by atoms with E-state index < -0.39 is 0 Å². The fourth-order valence-electron chi connectivity index (χ4n) is 0.897. The molecule has 0 radical (unpaired) electrons. The first-order chi connectivity index (χ1) is 6.15. The van der Waals surface area contributed by atoms with E-state index in [0.29, 0.717) is 12.2 Å². The maximum atomic E-state index is 11.4. The Bertz CT molecular complexity index is 311. The number of nitrogens with zero attached hydrogens (tertiary/aromatic N) is 1. The molecule has 72 valence electrons. The lowest BCUT2D eigenvalue weighted by Crippen LogP contribution is -2.24. The van der Waals surface area contributed by atoms with Crippen molar-refractivity contribution in [2.24, 2.45) is 0 Å². The van der Waals surface area contributed by atoms with E-state index in [9.17, 15) is 4.79 Å². The summed E-state index contributed by atoms with van der Waals surface area (Å²) in [4.78, 5) is 16.5. The molecule has 0 saturated heterocycles. The molecule has 3 nitrogen and oxygen atoms in total. The maximum Gasteiger partial charge on any atom is 0.271 e. The van der Waals surface area contributed by atoms with Crippen LogP contribution in [-0.4, -0.2) is 17.4 Å². The monoisotopic (exact) mass is 262 g/mol. The summed E-state index contributed by atoms with van der Waals surface area (Å²) in [6, 6.07) is 0. The Balaban J connectivity index is 2.70. The largest absolute Gasteiger partial charge is 0.351 e. The highest BCUT2D eigenvalue weighted by molar-refractivity contribution is 9.11. The second-order valence-corrected chi connectivity index (χ2v) is 5.11. The van der Waals surface area contributed by atoms with Crippen molar-refractivity contribution in [3.63, 3.8) is 0 Å². The molecule has 1 N–H and O–H groups in total. The summed E-state index contributed by atoms with van der Waals surface area (Å²) in [5.74, 6) is -0.0821. The molecule has 1 aromatic heterocycles. The number of aryl methyl sites for hydroxylation is 1. The van der Waals surface area contributed by atoms with Crippen LogP contribution in [0.4, 0.5) is 0 Å². The average Bonchev–Trinajstić information content (AvgIpc) is 2.41. The molecule has 0 aliphatic carbocycles. The molecule has 0 aliphatic rings. The summed E-state index contributed by atoms with van der Waals surface area (Å²) in [5.41, 5.74) is 0.533. The lowest BCUT2D eigenvalue weighted by atomic mass is 10.3. The number of hydrogen-bond acceptors (Lipinski definition) is 3. The predicted octanol–water partition coefficient (Wildman–Crippen LogP) is 2.35. The number of aromatic nitrogens is 1. The van der Waals surface area contributed by atoms with Crippen molar-refractivity contribution >= 4 is 33.2 Å². The van der Waals surface area contributed by atoms with Crippen molar-refractivity contribution in [1.29, 1.82) is 0 Å². The third kappa shape index (κ3) is 2.77. The van der Waals surface area contributed by atoms with E-state index in [1.54, 1.807) is 0 Å². The summed E-state index contributed by atoms with van der Waals surface area (Å²) in [6.45, 7) is 4.61. The highest BCUT2D eigenvalue weighted by Crippen LogP contribution is 2.21. The van der Waals surface area contributed by atoms with Crippen molar-refractivity contribution in [2.75, 3.05) is 6.54 Å². The van der Waals surface area contributed by atoms with E-state index in [-0.39, 0.29) is 5.91 Å². The van der Waals surface area contributed by atoms with E-state index in [0.717, 1.165) is 15.2 Å². The third-order valence-corrected chi connectivity index (χ3v) is 2.94. The van der Waals surface area contributed by atoms with E-state index >= 15 is 0 Å². The van der Waals surface area contributed by atoms with Crippen LogP contribution in [0.3, 0.4) is 0 Å². The fraction of sp³-hybridized carbons (Fsp3) is 0.500. The van der Waals surface area contributed by atoms with Gasteiger partial charge in [0.25, 0.3) is 5.91 Å². The molecular formula is C8H11BrN2OS. The summed E-state index contributed by atoms with van der Waals surface area (Å²) >= 11 is 4.72. The smallest absolute Gasteiger partial charge is 0.271 e. The Labute approximate surface area is 89.7 Å². The molecule has 5 heteroatoms. The SMILES string of the molecule is CCCNC(=O)c1nc(Br)sc1C. The van der Waals surface area contributed by atoms with Crippen LogP contribution in [0, 0.1) is 6.92 Å². The van der Waals surface area contributed by atoms with Gasteiger partial charge in [-0.1, -0.05) is 6.92 Å². The normalized spacial score (nSPS) is 10.1. The van der Waals surface area contributed by atoms with E-state index in [1.807, 2.05) is 13.8 Å². The minimum atomic E-state index is -0.0821. The van der Waals surface area contributed by atoms with Crippen LogP contribution in [0.15, 0.2) is 3.92 Å². The zero-order valence-electron chi connectivity index (χ0n) is 7.56. The summed E-state index contributed by atoms with van der Waals surface area (Å²) < 4.78 is 0.756. The second-order valence-electron chi connectivity index (χ2n) is 2.63. The number of rotatable bonds is 3. The van der Waals surface area contributed by atoms with Crippen molar-refractivity contribution in [3.8, 4) is 0 Å². The van der Waals surface area contributed by atoms with E-state index in [1.165, 1.54) is 11.3 Å². The molecule has 0 spiro atoms. The number of halogens is 1. The number of carbonyl (C=O) groups is 1. The van der Waals surface area contributed by atoms with Gasteiger partial charge in [0.2, 0.25) is 0 Å². The van der Waals surface area contributed by atoms with Gasteiger partial charge in [0.15, 0.2) is 3.92 Å². The van der Waals surface area contributed by atoms with Gasteiger partial charge in [0, 0.05) is 11.4 Å². The van der Waals surface area contributed by atoms with Crippen LogP contribution < -0.4 is 5.32 Å². The van der Waals surface area contributed by atoms with Gasteiger partial charge in [0.05, 0.1) is 0 Å². The molecule has 0 aliphatic heterocycles. The predicted molar refractivity (Wildman–Crippen MR) is 57.2 cm³/mol. The van der Waals surface area contributed by atoms with Crippen LogP contribution >= 0.6 is 27.3 Å². The van der Waals surface area contributed by atoms with Crippen molar-refractivity contribution in [2.45, 2.75) is 20.3 Å². The molecular weight excluding hydrogens is 252 g/mol. The number of carbonyl (C=O) groups excluding carboxylic acids is 1. The van der Waals surface area contributed by atoms with Crippen LogP contribution in [0.1, 0.15) is 28.7 Å². The number of thiazole rings is 1. The molecule has 1 rings (SSSR count). The van der Waals surface area contributed by atoms with Crippen LogP contribution in [0.5, 0.6) is 0 Å². The summed E-state index contributed by atoms with van der Waals surface area (Å²) in [5, 5.41) is 2.79. The molecule has 1 aromatic rings. The Morgan fingerprint density at radius 3 is 2.85 bits per heavy atom. The summed E-state index contributed by atoms with van der Waals surface area (Å²) in [6.07, 6.45) is 0.941. The standard InChI is InChI=1S/C8H11BrN2OS/c1-3-4-10-7(12)6-5(2)13-8(9)11-6/h3-4H2,1-2H3,(H,10,12). The minimum absolute atomic E-state index is 0.0821. The van der Waals surface area contributed by atoms with E-state index in [2.05, 4.69) is 26.2 Å². The lowest BCUT2D eigenvalue weighted by Gasteiger charge is -2.00. The highest BCUT2D eigenvalue weighted by atomic mass is 79.9. The van der Waals surface area contributed by atoms with Crippen LogP contribution in [-0.2, 0) is 0 Å². The Morgan fingerprint density at radius 1 is 1.69 bits per heavy atom.